The van der Waals surface area contributed by atoms with Gasteiger partial charge in [0.1, 0.15) is 6.61 Å². The molecular formula is C32H21NO2Si. The maximum Gasteiger partial charge on any atom is 0.338 e. The number of ether oxygens (including phenoxy) is 1. The number of rotatable bonds is 1. The van der Waals surface area contributed by atoms with Crippen LogP contribution in [-0.2, 0) is 11.3 Å². The van der Waals surface area contributed by atoms with E-state index in [1.165, 1.54) is 43.2 Å². The topological polar surface area (TPSA) is 29.5 Å². The molecule has 0 fully saturated rings. The first-order chi connectivity index (χ1) is 17.8. The smallest absolute Gasteiger partial charge is 0.338 e. The van der Waals surface area contributed by atoms with Crippen LogP contribution in [0.25, 0.3) is 11.1 Å². The number of carbonyl (C=O) groups excluding carboxylic acids is 1. The van der Waals surface area contributed by atoms with Crippen LogP contribution in [0, 0.1) is 0 Å². The average molecular weight is 480 g/mol. The van der Waals surface area contributed by atoms with E-state index in [9.17, 15) is 4.79 Å². The van der Waals surface area contributed by atoms with Crippen molar-refractivity contribution >= 4 is 51.9 Å². The molecule has 3 heterocycles. The highest BCUT2D eigenvalue weighted by atomic mass is 28.3. The standard InChI is InChI=1S/C32H21NO2Si/c34-32-23-18-17-22(19-21(23)20-35-32)33-26-11-3-7-15-30(26)36(31-16-8-4-12-27(31)33)28-13-5-1-9-24(28)25-10-2-6-14-29(25)36/h1-19H,20H2. The number of anilines is 3. The van der Waals surface area contributed by atoms with E-state index in [2.05, 4.69) is 114 Å². The first kappa shape index (κ1) is 19.8. The molecule has 3 aliphatic heterocycles. The third-order valence-corrected chi connectivity index (χ3v) is 12.9. The summed E-state index contributed by atoms with van der Waals surface area (Å²) in [6.45, 7) is 0.332. The molecule has 0 saturated heterocycles. The van der Waals surface area contributed by atoms with Crippen LogP contribution >= 0.6 is 0 Å². The zero-order chi connectivity index (χ0) is 23.9. The van der Waals surface area contributed by atoms with Crippen molar-refractivity contribution in [3.05, 3.63) is 126 Å². The van der Waals surface area contributed by atoms with Gasteiger partial charge in [-0.2, -0.15) is 0 Å². The highest BCUT2D eigenvalue weighted by molar-refractivity contribution is 7.23. The van der Waals surface area contributed by atoms with Gasteiger partial charge < -0.3 is 9.64 Å². The third-order valence-electron chi connectivity index (χ3n) is 7.98. The van der Waals surface area contributed by atoms with E-state index in [4.69, 9.17) is 4.74 Å². The van der Waals surface area contributed by atoms with Crippen molar-refractivity contribution in [3.8, 4) is 11.1 Å². The molecule has 8 rings (SSSR count). The second kappa shape index (κ2) is 7.06. The summed E-state index contributed by atoms with van der Waals surface area (Å²) in [4.78, 5) is 14.5. The number of esters is 1. The average Bonchev–Trinajstić information content (AvgIpc) is 3.45. The molecule has 170 valence electrons. The summed E-state index contributed by atoms with van der Waals surface area (Å²) in [7, 11) is -2.53. The van der Waals surface area contributed by atoms with Crippen LogP contribution in [0.4, 0.5) is 17.1 Å². The van der Waals surface area contributed by atoms with Gasteiger partial charge in [0.15, 0.2) is 8.07 Å². The second-order valence-electron chi connectivity index (χ2n) is 9.63. The minimum absolute atomic E-state index is 0.235. The molecular weight excluding hydrogens is 458 g/mol. The molecule has 0 amide bonds. The molecule has 36 heavy (non-hydrogen) atoms. The molecule has 5 aromatic rings. The van der Waals surface area contributed by atoms with Crippen LogP contribution in [0.1, 0.15) is 15.9 Å². The van der Waals surface area contributed by atoms with Gasteiger partial charge in [-0.05, 0) is 62.2 Å². The van der Waals surface area contributed by atoms with E-state index < -0.39 is 8.07 Å². The van der Waals surface area contributed by atoms with E-state index in [0.717, 1.165) is 11.3 Å². The Morgan fingerprint density at radius 2 is 1.11 bits per heavy atom. The van der Waals surface area contributed by atoms with E-state index >= 15 is 0 Å². The number of carbonyl (C=O) groups is 1. The largest absolute Gasteiger partial charge is 0.457 e. The summed E-state index contributed by atoms with van der Waals surface area (Å²) >= 11 is 0. The van der Waals surface area contributed by atoms with Crippen LogP contribution in [0.2, 0.25) is 0 Å². The fourth-order valence-electron chi connectivity index (χ4n) is 6.60. The third kappa shape index (κ3) is 2.34. The van der Waals surface area contributed by atoms with Crippen LogP contribution in [-0.4, -0.2) is 14.0 Å². The van der Waals surface area contributed by atoms with E-state index in [1.54, 1.807) is 0 Å². The number of nitrogens with zero attached hydrogens (tertiary/aromatic N) is 1. The molecule has 3 aliphatic rings. The Morgan fingerprint density at radius 3 is 1.72 bits per heavy atom. The summed E-state index contributed by atoms with van der Waals surface area (Å²) in [6, 6.07) is 41.8. The lowest BCUT2D eigenvalue weighted by Crippen LogP contribution is -2.75. The molecule has 0 unspecified atom stereocenters. The molecule has 0 bridgehead atoms. The van der Waals surface area contributed by atoms with E-state index in [-0.39, 0.29) is 5.97 Å². The van der Waals surface area contributed by atoms with Gasteiger partial charge in [-0.25, -0.2) is 4.79 Å². The lowest BCUT2D eigenvalue weighted by atomic mass is 10.1. The van der Waals surface area contributed by atoms with Gasteiger partial charge in [-0.1, -0.05) is 84.9 Å². The maximum atomic E-state index is 12.1. The van der Waals surface area contributed by atoms with Crippen LogP contribution in [0.15, 0.2) is 115 Å². The lowest BCUT2D eigenvalue weighted by Gasteiger charge is -2.43. The van der Waals surface area contributed by atoms with Gasteiger partial charge >= 0.3 is 5.97 Å². The molecule has 3 nitrogen and oxygen atoms in total. The van der Waals surface area contributed by atoms with Crippen molar-refractivity contribution in [2.24, 2.45) is 0 Å². The Balaban J connectivity index is 1.48. The summed E-state index contributed by atoms with van der Waals surface area (Å²) in [6.07, 6.45) is 0. The van der Waals surface area contributed by atoms with E-state index in [1.807, 2.05) is 6.07 Å². The quantitative estimate of drug-likeness (QED) is 0.257. The first-order valence-electron chi connectivity index (χ1n) is 12.3. The summed E-state index contributed by atoms with van der Waals surface area (Å²) in [5.74, 6) is -0.235. The van der Waals surface area contributed by atoms with Crippen molar-refractivity contribution in [1.29, 1.82) is 0 Å². The fourth-order valence-corrected chi connectivity index (χ4v) is 12.1. The monoisotopic (exact) mass is 479 g/mol. The first-order valence-corrected chi connectivity index (χ1v) is 14.3. The molecule has 0 aliphatic carbocycles. The number of para-hydroxylation sites is 2. The molecule has 1 spiro atoms. The maximum absolute atomic E-state index is 12.1. The van der Waals surface area contributed by atoms with Crippen LogP contribution in [0.5, 0.6) is 0 Å². The molecule has 0 aromatic heterocycles. The Hall–Kier alpha value is -4.41. The molecule has 0 N–H and O–H groups in total. The Kier molecular flexibility index (Phi) is 3.89. The van der Waals surface area contributed by atoms with Gasteiger partial charge in [0, 0.05) is 22.6 Å². The second-order valence-corrected chi connectivity index (χ2v) is 13.3. The van der Waals surface area contributed by atoms with Crippen LogP contribution < -0.4 is 25.6 Å². The van der Waals surface area contributed by atoms with Gasteiger partial charge in [-0.3, -0.25) is 0 Å². The Labute approximate surface area is 210 Å². The highest BCUT2D eigenvalue weighted by Crippen LogP contribution is 2.41. The molecule has 0 saturated carbocycles. The van der Waals surface area contributed by atoms with Crippen molar-refractivity contribution in [2.45, 2.75) is 6.61 Å². The van der Waals surface area contributed by atoms with Gasteiger partial charge in [0.05, 0.1) is 5.56 Å². The molecule has 5 aromatic carbocycles. The minimum Gasteiger partial charge on any atom is -0.457 e. The number of hydrogen-bond acceptors (Lipinski definition) is 3. The molecule has 4 heteroatoms. The van der Waals surface area contributed by atoms with E-state index in [0.29, 0.717) is 12.2 Å². The Bertz CT molecular complexity index is 1650. The zero-order valence-corrected chi connectivity index (χ0v) is 20.4. The van der Waals surface area contributed by atoms with Crippen molar-refractivity contribution in [3.63, 3.8) is 0 Å². The summed E-state index contributed by atoms with van der Waals surface area (Å²) < 4.78 is 5.31. The van der Waals surface area contributed by atoms with Crippen molar-refractivity contribution in [2.75, 3.05) is 4.90 Å². The van der Waals surface area contributed by atoms with Crippen molar-refractivity contribution < 1.29 is 9.53 Å². The van der Waals surface area contributed by atoms with Crippen molar-refractivity contribution in [1.82, 2.24) is 0 Å². The Morgan fingerprint density at radius 1 is 0.583 bits per heavy atom. The molecule has 0 radical (unpaired) electrons. The summed E-state index contributed by atoms with van der Waals surface area (Å²) in [5, 5.41) is 5.71. The van der Waals surface area contributed by atoms with Gasteiger partial charge in [0.25, 0.3) is 0 Å². The number of cyclic esters (lactones) is 1. The number of benzene rings is 5. The normalized spacial score (nSPS) is 15.6. The predicted octanol–water partition coefficient (Wildman–Crippen LogP) is 4.50. The molecule has 0 atom stereocenters. The highest BCUT2D eigenvalue weighted by Gasteiger charge is 2.53. The summed E-state index contributed by atoms with van der Waals surface area (Å²) in [5.41, 5.74) is 7.79. The lowest BCUT2D eigenvalue weighted by molar-refractivity contribution is 0.0535. The SMILES string of the molecule is O=C1OCc2cc(N3c4ccccc4[Si]4(c5ccccc5-c5ccccc54)c4ccccc43)ccc21. The predicted molar refractivity (Wildman–Crippen MR) is 146 cm³/mol. The fraction of sp³-hybridized carbons (Fsp3) is 0.0312. The number of fused-ring (bicyclic) bond motifs is 10. The zero-order valence-electron chi connectivity index (χ0n) is 19.4. The minimum atomic E-state index is -2.53. The van der Waals surface area contributed by atoms with Gasteiger partial charge in [0.2, 0.25) is 0 Å². The van der Waals surface area contributed by atoms with Gasteiger partial charge in [-0.15, -0.1) is 0 Å². The van der Waals surface area contributed by atoms with Crippen LogP contribution in [0.3, 0.4) is 0 Å². The number of hydrogen-bond donors (Lipinski definition) is 0.